The van der Waals surface area contributed by atoms with Gasteiger partial charge in [0.2, 0.25) is 0 Å². The molecular formula is C47H49FN8O7S. The molecule has 3 atom stereocenters. The fourth-order valence-corrected chi connectivity index (χ4v) is 10.9. The third-order valence-corrected chi connectivity index (χ3v) is 14.5. The predicted molar refractivity (Wildman–Crippen MR) is 237 cm³/mol. The Kier molecular flexibility index (Phi) is 10.0. The molecule has 1 aliphatic carbocycles. The van der Waals surface area contributed by atoms with Crippen LogP contribution in [-0.4, -0.2) is 78.9 Å². The molecule has 7 aromatic rings. The van der Waals surface area contributed by atoms with Crippen LogP contribution in [-0.2, 0) is 38.7 Å². The zero-order valence-corrected chi connectivity index (χ0v) is 37.1. The standard InChI is InChI=1S/C47H49FN8O7S/c1-27-20-36(21-28(2)41(27)48)56-42(54-17-16-53(46(54)59)35-9-6-31(7-10-35)25-64(5,60)61)40-30(4)52(15-12-37(40)50-56)43(57)39-23-34-22-33(32-13-18-62-19-14-32)8-11-38(34)55(39)26-47(24-29(47)3)44-49-45(58)63-51-44/h6-11,16-17,20-23,29-30,32H,12-15,18-19,24-26H2,1-5H3,(H,49,51,58)/t29-,30-,47-/m0/s1. The topological polar surface area (TPSA) is 172 Å². The van der Waals surface area contributed by atoms with E-state index in [4.69, 9.17) is 14.4 Å². The number of aryl methyl sites for hydroxylation is 2. The number of rotatable bonds is 10. The molecule has 10 rings (SSSR count). The molecule has 1 N–H and O–H groups in total. The number of amides is 1. The van der Waals surface area contributed by atoms with E-state index in [-0.39, 0.29) is 23.4 Å². The van der Waals surface area contributed by atoms with E-state index in [0.29, 0.717) is 95.3 Å². The van der Waals surface area contributed by atoms with Crippen LogP contribution in [0.4, 0.5) is 4.39 Å². The number of carbonyl (C=O) groups is 1. The van der Waals surface area contributed by atoms with Crippen molar-refractivity contribution >= 4 is 26.6 Å². The Morgan fingerprint density at radius 3 is 2.31 bits per heavy atom. The minimum atomic E-state index is -3.26. The average molecular weight is 889 g/mol. The molecule has 0 spiro atoms. The van der Waals surface area contributed by atoms with Crippen molar-refractivity contribution in [1.29, 1.82) is 0 Å². The monoisotopic (exact) mass is 888 g/mol. The summed E-state index contributed by atoms with van der Waals surface area (Å²) in [6.45, 7) is 9.55. The number of hydrogen-bond acceptors (Lipinski definition) is 9. The molecule has 0 bridgehead atoms. The molecule has 64 heavy (non-hydrogen) atoms. The fraction of sp³-hybridized carbons (Fsp3) is 0.383. The quantitative estimate of drug-likeness (QED) is 0.164. The van der Waals surface area contributed by atoms with Crippen LogP contribution in [0.15, 0.2) is 87.2 Å². The van der Waals surface area contributed by atoms with E-state index in [1.807, 2.05) is 17.9 Å². The van der Waals surface area contributed by atoms with Gasteiger partial charge in [-0.15, -0.1) is 0 Å². The lowest BCUT2D eigenvalue weighted by Gasteiger charge is -2.34. The van der Waals surface area contributed by atoms with E-state index in [2.05, 4.69) is 39.8 Å². The number of carbonyl (C=O) groups excluding carboxylic acids is 1. The van der Waals surface area contributed by atoms with E-state index >= 15 is 9.18 Å². The number of nitrogens with one attached hydrogen (secondary N) is 1. The number of sulfone groups is 1. The second-order valence-corrected chi connectivity index (χ2v) is 20.1. The first-order valence-electron chi connectivity index (χ1n) is 21.6. The minimum Gasteiger partial charge on any atom is -0.381 e. The van der Waals surface area contributed by atoms with Crippen LogP contribution in [0.25, 0.3) is 28.1 Å². The molecule has 4 aromatic heterocycles. The summed E-state index contributed by atoms with van der Waals surface area (Å²) >= 11 is 0. The summed E-state index contributed by atoms with van der Waals surface area (Å²) in [7, 11) is -3.26. The Balaban J connectivity index is 1.08. The van der Waals surface area contributed by atoms with E-state index in [0.717, 1.165) is 30.2 Å². The van der Waals surface area contributed by atoms with Gasteiger partial charge in [0.15, 0.2) is 15.7 Å². The van der Waals surface area contributed by atoms with Crippen molar-refractivity contribution < 1.29 is 26.9 Å². The van der Waals surface area contributed by atoms with Gasteiger partial charge in [-0.3, -0.25) is 23.4 Å². The Bertz CT molecular complexity index is 3200. The Labute approximate surface area is 368 Å². The molecule has 6 heterocycles. The number of nitrogens with zero attached hydrogens (tertiary/aromatic N) is 7. The lowest BCUT2D eigenvalue weighted by molar-refractivity contribution is 0.0665. The molecule has 1 saturated heterocycles. The second-order valence-electron chi connectivity index (χ2n) is 18.0. The van der Waals surface area contributed by atoms with Gasteiger partial charge < -0.3 is 14.2 Å². The van der Waals surface area contributed by atoms with Crippen LogP contribution >= 0.6 is 0 Å². The number of fused-ring (bicyclic) bond motifs is 2. The Morgan fingerprint density at radius 1 is 0.953 bits per heavy atom. The van der Waals surface area contributed by atoms with Crippen LogP contribution in [0, 0.1) is 25.6 Å². The van der Waals surface area contributed by atoms with Crippen LogP contribution in [0.2, 0.25) is 0 Å². The highest BCUT2D eigenvalue weighted by Gasteiger charge is 2.56. The first kappa shape index (κ1) is 41.7. The second kappa shape index (κ2) is 15.4. The molecule has 1 amide bonds. The molecule has 332 valence electrons. The van der Waals surface area contributed by atoms with Crippen LogP contribution in [0.3, 0.4) is 0 Å². The van der Waals surface area contributed by atoms with Crippen molar-refractivity contribution in [3.63, 3.8) is 0 Å². The van der Waals surface area contributed by atoms with Crippen molar-refractivity contribution in [2.24, 2.45) is 5.92 Å². The number of imidazole rings is 1. The molecule has 1 saturated carbocycles. The first-order valence-corrected chi connectivity index (χ1v) is 23.7. The van der Waals surface area contributed by atoms with Gasteiger partial charge in [-0.25, -0.2) is 27.1 Å². The van der Waals surface area contributed by atoms with Crippen molar-refractivity contribution in [1.82, 2.24) is 38.5 Å². The average Bonchev–Trinajstić information content (AvgIpc) is 3.76. The number of H-pyrrole nitrogens is 1. The SMILES string of the molecule is Cc1cc(-n2nc3c(c2-n2ccn(-c4ccc(CS(C)(=O)=O)cc4)c2=O)[C@H](C)N(C(=O)c2cc4cc(C5CCOCC5)ccc4n2C[C@@]2(c4noc(=O)[nH]4)C[C@@H]2C)CC3)cc(C)c1F. The maximum absolute atomic E-state index is 15.4. The maximum Gasteiger partial charge on any atom is 0.438 e. The third-order valence-electron chi connectivity index (χ3n) is 13.7. The molecule has 0 radical (unpaired) electrons. The number of benzene rings is 3. The predicted octanol–water partition coefficient (Wildman–Crippen LogP) is 6.38. The minimum absolute atomic E-state index is 0.126. The molecule has 2 aliphatic heterocycles. The third kappa shape index (κ3) is 7.14. The number of halogens is 1. The summed E-state index contributed by atoms with van der Waals surface area (Å²) in [4.78, 5) is 46.7. The van der Waals surface area contributed by atoms with Crippen molar-refractivity contribution in [3.05, 3.63) is 145 Å². The summed E-state index contributed by atoms with van der Waals surface area (Å²) in [5.74, 6) is 0.106. The Hall–Kier alpha value is -6.33. The highest BCUT2D eigenvalue weighted by atomic mass is 32.2. The fourth-order valence-electron chi connectivity index (χ4n) is 10.1. The summed E-state index contributed by atoms with van der Waals surface area (Å²) in [6.07, 6.45) is 7.43. The molecule has 3 aromatic carbocycles. The highest BCUT2D eigenvalue weighted by molar-refractivity contribution is 7.89. The number of aromatic amines is 1. The van der Waals surface area contributed by atoms with E-state index in [1.165, 1.54) is 21.0 Å². The zero-order valence-electron chi connectivity index (χ0n) is 36.3. The largest absolute Gasteiger partial charge is 0.438 e. The van der Waals surface area contributed by atoms with E-state index in [1.54, 1.807) is 67.3 Å². The molecule has 3 aliphatic rings. The zero-order chi connectivity index (χ0) is 44.8. The molecule has 15 nitrogen and oxygen atoms in total. The number of aromatic nitrogens is 7. The Morgan fingerprint density at radius 2 is 1.66 bits per heavy atom. The summed E-state index contributed by atoms with van der Waals surface area (Å²) in [5, 5.41) is 10.1. The lowest BCUT2D eigenvalue weighted by atomic mass is 9.91. The number of ether oxygens (including phenoxy) is 1. The molecule has 2 fully saturated rings. The van der Waals surface area contributed by atoms with Gasteiger partial charge in [0.25, 0.3) is 5.91 Å². The van der Waals surface area contributed by atoms with Crippen LogP contribution in [0.1, 0.15) is 94.9 Å². The van der Waals surface area contributed by atoms with Gasteiger partial charge in [0.1, 0.15) is 17.3 Å². The normalized spacial score (nSPS) is 20.2. The van der Waals surface area contributed by atoms with Crippen molar-refractivity contribution in [2.45, 2.75) is 83.1 Å². The summed E-state index contributed by atoms with van der Waals surface area (Å²) in [6, 6.07) is 18.0. The van der Waals surface area contributed by atoms with Crippen molar-refractivity contribution in [3.8, 4) is 17.2 Å². The highest BCUT2D eigenvalue weighted by Crippen LogP contribution is 2.54. The lowest BCUT2D eigenvalue weighted by Crippen LogP contribution is -2.40. The smallest absolute Gasteiger partial charge is 0.381 e. The van der Waals surface area contributed by atoms with Gasteiger partial charge in [-0.2, -0.15) is 5.10 Å². The number of hydrogen-bond donors (Lipinski definition) is 1. The van der Waals surface area contributed by atoms with Crippen LogP contribution in [0.5, 0.6) is 0 Å². The van der Waals surface area contributed by atoms with Crippen molar-refractivity contribution in [2.75, 3.05) is 26.0 Å². The van der Waals surface area contributed by atoms with Gasteiger partial charge in [0.05, 0.1) is 34.3 Å². The van der Waals surface area contributed by atoms with Crippen LogP contribution < -0.4 is 11.4 Å². The maximum atomic E-state index is 15.4. The van der Waals surface area contributed by atoms with Gasteiger partial charge in [-0.1, -0.05) is 30.3 Å². The summed E-state index contributed by atoms with van der Waals surface area (Å²) in [5.41, 5.74) is 5.53. The molecule has 0 unspecified atom stereocenters. The van der Waals surface area contributed by atoms with E-state index in [9.17, 15) is 18.0 Å². The van der Waals surface area contributed by atoms with Gasteiger partial charge in [0, 0.05) is 67.8 Å². The first-order chi connectivity index (χ1) is 30.6. The van der Waals surface area contributed by atoms with E-state index < -0.39 is 32.7 Å². The van der Waals surface area contributed by atoms with Gasteiger partial charge in [-0.05, 0) is 117 Å². The molecule has 17 heteroatoms. The molecular weight excluding hydrogens is 840 g/mol. The van der Waals surface area contributed by atoms with Gasteiger partial charge >= 0.3 is 11.4 Å². The summed E-state index contributed by atoms with van der Waals surface area (Å²) < 4.78 is 56.3.